The van der Waals surface area contributed by atoms with E-state index < -0.39 is 10.9 Å². The minimum atomic E-state index is -2.62. The van der Waals surface area contributed by atoms with Crippen molar-refractivity contribution in [2.24, 2.45) is 5.14 Å². The molecule has 2 N–H and O–H groups in total. The number of hydrogen-bond donors (Lipinski definition) is 2. The zero-order valence-electron chi connectivity index (χ0n) is 12.9. The van der Waals surface area contributed by atoms with E-state index in [1.165, 1.54) is 6.20 Å². The molecule has 0 aliphatic carbocycles. The molecule has 0 aliphatic rings. The Labute approximate surface area is 141 Å². The monoisotopic (exact) mass is 347 g/mol. The summed E-state index contributed by atoms with van der Waals surface area (Å²) in [6.07, 6.45) is 1.99. The molecule has 7 heteroatoms. The fraction of sp³-hybridized carbons (Fsp3) is 0.118. The number of nitrogens with zero attached hydrogens (tertiary/aromatic N) is 2. The molecule has 0 radical (unpaired) electrons. The highest BCUT2D eigenvalue weighted by Crippen LogP contribution is 2.12. The Bertz CT molecular complexity index is 826. The number of hydrogen-bond acceptors (Lipinski definition) is 3. The standard InChI is InChI=1S/C17H15FN2.H3NO2S/c18-16-13-20(12-15-9-5-2-6-10-15)19-17(16)11-14-7-3-1-4-8-14;1-4(2)3/h1-10,13H,11-12H2;4H,(H2,1,2,3). The fourth-order valence-electron chi connectivity index (χ4n) is 2.20. The molecule has 0 aliphatic heterocycles. The van der Waals surface area contributed by atoms with E-state index in [0.717, 1.165) is 11.1 Å². The van der Waals surface area contributed by atoms with E-state index >= 15 is 0 Å². The van der Waals surface area contributed by atoms with Crippen LogP contribution in [0.15, 0.2) is 66.9 Å². The average Bonchev–Trinajstić information content (AvgIpc) is 2.88. The predicted molar refractivity (Wildman–Crippen MR) is 91.5 cm³/mol. The number of benzene rings is 2. The molecule has 3 rings (SSSR count). The molecule has 126 valence electrons. The van der Waals surface area contributed by atoms with Crippen LogP contribution in [0.25, 0.3) is 0 Å². The highest BCUT2D eigenvalue weighted by atomic mass is 32.2. The lowest BCUT2D eigenvalue weighted by Crippen LogP contribution is -2.01. The maximum absolute atomic E-state index is 13.9. The Kier molecular flexibility index (Phi) is 6.65. The molecule has 1 aromatic heterocycles. The Morgan fingerprint density at radius 1 is 0.958 bits per heavy atom. The number of halogens is 1. The summed E-state index contributed by atoms with van der Waals surface area (Å²) < 4.78 is 33.2. The SMILES string of the molecule is Fc1cn(Cc2ccccc2)nc1Cc1ccccc1.N[SH](=O)=O. The summed E-state index contributed by atoms with van der Waals surface area (Å²) in [5, 5.41) is 8.41. The van der Waals surface area contributed by atoms with Crippen molar-refractivity contribution in [1.82, 2.24) is 9.78 Å². The van der Waals surface area contributed by atoms with Crippen LogP contribution in [-0.2, 0) is 23.9 Å². The van der Waals surface area contributed by atoms with E-state index in [9.17, 15) is 4.39 Å². The highest BCUT2D eigenvalue weighted by molar-refractivity contribution is 7.69. The van der Waals surface area contributed by atoms with Crippen molar-refractivity contribution in [1.29, 1.82) is 0 Å². The first-order valence-corrected chi connectivity index (χ1v) is 8.48. The van der Waals surface area contributed by atoms with Gasteiger partial charge in [-0.25, -0.2) is 17.9 Å². The molecule has 1 heterocycles. The van der Waals surface area contributed by atoms with E-state index in [1.54, 1.807) is 4.68 Å². The first kappa shape index (κ1) is 17.8. The lowest BCUT2D eigenvalue weighted by Gasteiger charge is -2.01. The smallest absolute Gasteiger partial charge is 0.198 e. The molecule has 0 bridgehead atoms. The summed E-state index contributed by atoms with van der Waals surface area (Å²) in [5.41, 5.74) is 2.67. The van der Waals surface area contributed by atoms with Gasteiger partial charge in [-0.05, 0) is 11.1 Å². The van der Waals surface area contributed by atoms with Gasteiger partial charge in [0.05, 0.1) is 12.7 Å². The Hall–Kier alpha value is -2.51. The maximum Gasteiger partial charge on any atom is 0.198 e. The van der Waals surface area contributed by atoms with Crippen molar-refractivity contribution in [2.45, 2.75) is 13.0 Å². The molecular formula is C17H18FN3O2S. The van der Waals surface area contributed by atoms with Crippen LogP contribution in [0.2, 0.25) is 0 Å². The molecule has 3 aromatic rings. The summed E-state index contributed by atoms with van der Waals surface area (Å²) in [6, 6.07) is 19.8. The van der Waals surface area contributed by atoms with Gasteiger partial charge in [0.2, 0.25) is 0 Å². The number of aromatic nitrogens is 2. The van der Waals surface area contributed by atoms with E-state index in [0.29, 0.717) is 18.7 Å². The van der Waals surface area contributed by atoms with Crippen molar-refractivity contribution in [3.8, 4) is 0 Å². The molecule has 24 heavy (non-hydrogen) atoms. The molecule has 0 spiro atoms. The average molecular weight is 347 g/mol. The minimum absolute atomic E-state index is 0.246. The fourth-order valence-corrected chi connectivity index (χ4v) is 2.20. The molecule has 0 amide bonds. The van der Waals surface area contributed by atoms with E-state index in [1.807, 2.05) is 60.7 Å². The number of thiol groups is 1. The van der Waals surface area contributed by atoms with Gasteiger partial charge in [0.25, 0.3) is 0 Å². The van der Waals surface area contributed by atoms with Gasteiger partial charge in [-0.1, -0.05) is 60.7 Å². The maximum atomic E-state index is 13.9. The van der Waals surface area contributed by atoms with Gasteiger partial charge >= 0.3 is 0 Å². The Morgan fingerprint density at radius 3 is 2.00 bits per heavy atom. The first-order chi connectivity index (χ1) is 11.5. The van der Waals surface area contributed by atoms with Crippen molar-refractivity contribution in [3.63, 3.8) is 0 Å². The van der Waals surface area contributed by atoms with Gasteiger partial charge in [0.15, 0.2) is 16.7 Å². The zero-order chi connectivity index (χ0) is 17.4. The van der Waals surface area contributed by atoms with Crippen LogP contribution >= 0.6 is 0 Å². The van der Waals surface area contributed by atoms with Crippen LogP contribution in [0.1, 0.15) is 16.8 Å². The van der Waals surface area contributed by atoms with Crippen LogP contribution in [0.5, 0.6) is 0 Å². The summed E-state index contributed by atoms with van der Waals surface area (Å²) in [4.78, 5) is 0. The molecular weight excluding hydrogens is 329 g/mol. The third kappa shape index (κ3) is 5.94. The van der Waals surface area contributed by atoms with Crippen molar-refractivity contribution >= 4 is 10.9 Å². The first-order valence-electron chi connectivity index (χ1n) is 7.23. The van der Waals surface area contributed by atoms with Gasteiger partial charge in [-0.2, -0.15) is 5.10 Å². The quantitative estimate of drug-likeness (QED) is 0.710. The van der Waals surface area contributed by atoms with Gasteiger partial charge in [-0.15, -0.1) is 0 Å². The van der Waals surface area contributed by atoms with Crippen molar-refractivity contribution < 1.29 is 12.8 Å². The number of nitrogens with two attached hydrogens (primary N) is 1. The predicted octanol–water partition coefficient (Wildman–Crippen LogP) is 2.13. The second-order valence-corrected chi connectivity index (χ2v) is 5.63. The summed E-state index contributed by atoms with van der Waals surface area (Å²) in [5.74, 6) is -0.246. The van der Waals surface area contributed by atoms with Gasteiger partial charge in [-0.3, -0.25) is 4.68 Å². The molecule has 0 saturated carbocycles. The normalized spacial score (nSPS) is 10.3. The second kappa shape index (κ2) is 8.95. The minimum Gasteiger partial charge on any atom is -0.265 e. The van der Waals surface area contributed by atoms with E-state index in [4.69, 9.17) is 8.42 Å². The molecule has 0 atom stereocenters. The van der Waals surface area contributed by atoms with E-state index in [-0.39, 0.29) is 5.82 Å². The molecule has 0 saturated heterocycles. The zero-order valence-corrected chi connectivity index (χ0v) is 13.8. The van der Waals surface area contributed by atoms with Gasteiger partial charge in [0.1, 0.15) is 5.69 Å². The largest absolute Gasteiger partial charge is 0.265 e. The number of rotatable bonds is 4. The summed E-state index contributed by atoms with van der Waals surface area (Å²) in [6.45, 7) is 0.590. The summed E-state index contributed by atoms with van der Waals surface area (Å²) in [7, 11) is -2.62. The lowest BCUT2D eigenvalue weighted by atomic mass is 10.1. The molecule has 0 fully saturated rings. The van der Waals surface area contributed by atoms with Crippen LogP contribution in [0.4, 0.5) is 4.39 Å². The van der Waals surface area contributed by atoms with E-state index in [2.05, 4.69) is 10.2 Å². The van der Waals surface area contributed by atoms with Crippen molar-refractivity contribution in [3.05, 3.63) is 89.5 Å². The molecule has 2 aromatic carbocycles. The highest BCUT2D eigenvalue weighted by Gasteiger charge is 2.09. The van der Waals surface area contributed by atoms with Crippen LogP contribution in [0, 0.1) is 5.82 Å². The van der Waals surface area contributed by atoms with Gasteiger partial charge in [0, 0.05) is 6.42 Å². The topological polar surface area (TPSA) is 78.0 Å². The van der Waals surface area contributed by atoms with Crippen LogP contribution in [-0.4, -0.2) is 18.2 Å². The van der Waals surface area contributed by atoms with Crippen molar-refractivity contribution in [2.75, 3.05) is 0 Å². The lowest BCUT2D eigenvalue weighted by molar-refractivity contribution is 0.611. The van der Waals surface area contributed by atoms with Crippen LogP contribution < -0.4 is 5.14 Å². The third-order valence-electron chi connectivity index (χ3n) is 3.19. The Balaban J connectivity index is 0.000000471. The third-order valence-corrected chi connectivity index (χ3v) is 3.19. The molecule has 0 unspecified atom stereocenters. The van der Waals surface area contributed by atoms with Crippen LogP contribution in [0.3, 0.4) is 0 Å². The molecule has 5 nitrogen and oxygen atoms in total. The second-order valence-electron chi connectivity index (χ2n) is 5.05. The van der Waals surface area contributed by atoms with Gasteiger partial charge < -0.3 is 0 Å². The summed E-state index contributed by atoms with van der Waals surface area (Å²) >= 11 is 0. The Morgan fingerprint density at radius 2 is 1.46 bits per heavy atom.